The minimum absolute atomic E-state index is 0.489. The zero-order valence-electron chi connectivity index (χ0n) is 11.2. The van der Waals surface area contributed by atoms with Gasteiger partial charge in [0.1, 0.15) is 0 Å². The number of nitrogens with zero attached hydrogens (tertiary/aromatic N) is 1. The number of nitro benzene ring substituents is 1. The Morgan fingerprint density at radius 3 is 2.30 bits per heavy atom. The average molecular weight is 346 g/mol. The monoisotopic (exact) mass is 346 g/mol. The van der Waals surface area contributed by atoms with Crippen LogP contribution in [-0.2, 0) is 16.2 Å². The lowest BCUT2D eigenvalue weighted by Gasteiger charge is -2.14. The van der Waals surface area contributed by atoms with Crippen molar-refractivity contribution in [3.63, 3.8) is 0 Å². The second kappa shape index (κ2) is 5.88. The summed E-state index contributed by atoms with van der Waals surface area (Å²) in [6.45, 7) is 0. The van der Waals surface area contributed by atoms with Crippen molar-refractivity contribution in [2.75, 3.05) is 4.72 Å². The van der Waals surface area contributed by atoms with Gasteiger partial charge in [-0.05, 0) is 18.2 Å². The smallest absolute Gasteiger partial charge is 0.279 e. The van der Waals surface area contributed by atoms with E-state index in [2.05, 4.69) is 0 Å². The first-order valence-electron chi connectivity index (χ1n) is 6.05. The zero-order chi connectivity index (χ0) is 17.3. The van der Waals surface area contributed by atoms with E-state index in [0.717, 1.165) is 42.5 Å². The molecule has 122 valence electrons. The molecule has 0 aliphatic rings. The van der Waals surface area contributed by atoms with E-state index in [9.17, 15) is 31.7 Å². The number of nitro groups is 1. The highest BCUT2D eigenvalue weighted by molar-refractivity contribution is 7.92. The number of para-hydroxylation sites is 1. The predicted octanol–water partition coefficient (Wildman–Crippen LogP) is 3.41. The first-order valence-corrected chi connectivity index (χ1v) is 7.53. The van der Waals surface area contributed by atoms with Gasteiger partial charge in [0.15, 0.2) is 0 Å². The lowest BCUT2D eigenvalue weighted by Crippen LogP contribution is -2.17. The maximum atomic E-state index is 12.9. The summed E-state index contributed by atoms with van der Waals surface area (Å²) in [6, 6.07) is 8.05. The highest BCUT2D eigenvalue weighted by Gasteiger charge is 2.34. The van der Waals surface area contributed by atoms with Gasteiger partial charge < -0.3 is 0 Å². The van der Waals surface area contributed by atoms with Crippen molar-refractivity contribution in [1.29, 1.82) is 0 Å². The molecule has 2 aromatic rings. The van der Waals surface area contributed by atoms with Crippen molar-refractivity contribution in [2.45, 2.75) is 11.1 Å². The van der Waals surface area contributed by atoms with E-state index in [1.807, 2.05) is 0 Å². The fourth-order valence-electron chi connectivity index (χ4n) is 1.79. The highest BCUT2D eigenvalue weighted by Crippen LogP contribution is 2.35. The summed E-state index contributed by atoms with van der Waals surface area (Å²) >= 11 is 0. The van der Waals surface area contributed by atoms with Gasteiger partial charge in [0.05, 0.1) is 21.1 Å². The fraction of sp³-hybridized carbons (Fsp3) is 0.0769. The Hall–Kier alpha value is -2.62. The first-order chi connectivity index (χ1) is 10.6. The second-order valence-electron chi connectivity index (χ2n) is 4.40. The predicted molar refractivity (Wildman–Crippen MR) is 75.3 cm³/mol. The van der Waals surface area contributed by atoms with E-state index in [1.165, 1.54) is 6.07 Å². The molecule has 0 saturated carbocycles. The molecule has 0 fully saturated rings. The third kappa shape index (κ3) is 3.77. The number of hydrogen-bond donors (Lipinski definition) is 1. The molecule has 0 unspecified atom stereocenters. The summed E-state index contributed by atoms with van der Waals surface area (Å²) in [5.41, 5.74) is -2.31. The summed E-state index contributed by atoms with van der Waals surface area (Å²) in [7, 11) is -4.41. The Labute approximate surface area is 128 Å². The van der Waals surface area contributed by atoms with Crippen LogP contribution in [0, 0.1) is 10.1 Å². The normalized spacial score (nSPS) is 12.0. The van der Waals surface area contributed by atoms with Crippen molar-refractivity contribution in [3.8, 4) is 0 Å². The Balaban J connectivity index is 2.44. The second-order valence-corrected chi connectivity index (χ2v) is 6.09. The van der Waals surface area contributed by atoms with E-state index < -0.39 is 43.0 Å². The van der Waals surface area contributed by atoms with Gasteiger partial charge in [0.2, 0.25) is 0 Å². The molecule has 0 bridgehead atoms. The summed E-state index contributed by atoms with van der Waals surface area (Å²) in [5.74, 6) is 0. The van der Waals surface area contributed by atoms with E-state index in [-0.39, 0.29) is 0 Å². The van der Waals surface area contributed by atoms with Crippen molar-refractivity contribution in [3.05, 3.63) is 64.2 Å². The van der Waals surface area contributed by atoms with Gasteiger partial charge in [-0.2, -0.15) is 13.2 Å². The maximum absolute atomic E-state index is 12.9. The molecule has 0 spiro atoms. The number of alkyl halides is 3. The largest absolute Gasteiger partial charge is 0.418 e. The van der Waals surface area contributed by atoms with Crippen LogP contribution in [0.4, 0.5) is 24.5 Å². The molecule has 0 radical (unpaired) electrons. The van der Waals surface area contributed by atoms with E-state index >= 15 is 0 Å². The Morgan fingerprint density at radius 1 is 1.04 bits per heavy atom. The van der Waals surface area contributed by atoms with Crippen LogP contribution in [0.3, 0.4) is 0 Å². The number of non-ortho nitro benzene ring substituents is 1. The molecule has 0 aromatic heterocycles. The van der Waals surface area contributed by atoms with Crippen molar-refractivity contribution in [2.24, 2.45) is 0 Å². The van der Waals surface area contributed by atoms with Gasteiger partial charge >= 0.3 is 6.18 Å². The van der Waals surface area contributed by atoms with Crippen LogP contribution in [0.25, 0.3) is 0 Å². The minimum Gasteiger partial charge on any atom is -0.279 e. The molecule has 2 rings (SSSR count). The summed E-state index contributed by atoms with van der Waals surface area (Å²) in [4.78, 5) is 9.35. The molecular formula is C13H9F3N2O4S. The number of hydrogen-bond acceptors (Lipinski definition) is 4. The highest BCUT2D eigenvalue weighted by atomic mass is 32.2. The topological polar surface area (TPSA) is 89.3 Å². The number of halogens is 3. The number of rotatable bonds is 4. The summed E-state index contributed by atoms with van der Waals surface area (Å²) in [6.07, 6.45) is -4.75. The molecule has 0 heterocycles. The quantitative estimate of drug-likeness (QED) is 0.678. The fourth-order valence-corrected chi connectivity index (χ4v) is 2.91. The standard InChI is InChI=1S/C13H9F3N2O4S/c14-13(15,16)11-6-1-2-7-12(11)17-23(21,22)10-5-3-4-9(8-10)18(19)20/h1-8,17H. The lowest BCUT2D eigenvalue weighted by molar-refractivity contribution is -0.385. The minimum atomic E-state index is -4.75. The average Bonchev–Trinajstić information content (AvgIpc) is 2.46. The van der Waals surface area contributed by atoms with Crippen molar-refractivity contribution < 1.29 is 26.5 Å². The van der Waals surface area contributed by atoms with Gasteiger partial charge in [-0.15, -0.1) is 0 Å². The molecular weight excluding hydrogens is 337 g/mol. The summed E-state index contributed by atoms with van der Waals surface area (Å²) < 4.78 is 64.7. The van der Waals surface area contributed by atoms with Crippen LogP contribution in [0.1, 0.15) is 5.56 Å². The molecule has 2 aromatic carbocycles. The van der Waals surface area contributed by atoms with Gasteiger partial charge in [0, 0.05) is 12.1 Å². The van der Waals surface area contributed by atoms with Crippen molar-refractivity contribution in [1.82, 2.24) is 0 Å². The van der Waals surface area contributed by atoms with Crippen LogP contribution >= 0.6 is 0 Å². The molecule has 23 heavy (non-hydrogen) atoms. The van der Waals surface area contributed by atoms with Crippen molar-refractivity contribution >= 4 is 21.4 Å². The SMILES string of the molecule is O=[N+]([O-])c1cccc(S(=O)(=O)Nc2ccccc2C(F)(F)F)c1. The lowest BCUT2D eigenvalue weighted by atomic mass is 10.2. The number of benzene rings is 2. The van der Waals surface area contributed by atoms with Gasteiger partial charge in [-0.3, -0.25) is 14.8 Å². The molecule has 0 aliphatic carbocycles. The Morgan fingerprint density at radius 2 is 1.70 bits per heavy atom. The van der Waals surface area contributed by atoms with Crippen LogP contribution < -0.4 is 4.72 Å². The van der Waals surface area contributed by atoms with Gasteiger partial charge in [0.25, 0.3) is 15.7 Å². The third-order valence-corrected chi connectivity index (χ3v) is 4.18. The molecule has 1 N–H and O–H groups in total. The number of anilines is 1. The molecule has 6 nitrogen and oxygen atoms in total. The molecule has 0 aliphatic heterocycles. The zero-order valence-corrected chi connectivity index (χ0v) is 12.1. The molecule has 0 saturated heterocycles. The number of nitrogens with one attached hydrogen (secondary N) is 1. The number of sulfonamides is 1. The summed E-state index contributed by atoms with van der Waals surface area (Å²) in [5, 5.41) is 10.7. The molecule has 10 heteroatoms. The van der Waals surface area contributed by atoms with Crippen LogP contribution in [0.2, 0.25) is 0 Å². The maximum Gasteiger partial charge on any atom is 0.418 e. The van der Waals surface area contributed by atoms with E-state index in [0.29, 0.717) is 0 Å². The van der Waals surface area contributed by atoms with Crippen LogP contribution in [-0.4, -0.2) is 13.3 Å². The van der Waals surface area contributed by atoms with Crippen LogP contribution in [0.15, 0.2) is 53.4 Å². The Kier molecular flexibility index (Phi) is 4.28. The van der Waals surface area contributed by atoms with Gasteiger partial charge in [-0.1, -0.05) is 18.2 Å². The Bertz CT molecular complexity index is 850. The van der Waals surface area contributed by atoms with E-state index in [1.54, 1.807) is 4.72 Å². The molecule has 0 amide bonds. The van der Waals surface area contributed by atoms with Crippen LogP contribution in [0.5, 0.6) is 0 Å². The van der Waals surface area contributed by atoms with E-state index in [4.69, 9.17) is 0 Å². The third-order valence-electron chi connectivity index (χ3n) is 2.82. The first kappa shape index (κ1) is 16.7. The molecule has 0 atom stereocenters. The van der Waals surface area contributed by atoms with Gasteiger partial charge in [-0.25, -0.2) is 8.42 Å².